The molecule has 1 unspecified atom stereocenters. The highest BCUT2D eigenvalue weighted by Gasteiger charge is 2.08. The van der Waals surface area contributed by atoms with Gasteiger partial charge in [-0.3, -0.25) is 4.98 Å². The van der Waals surface area contributed by atoms with Gasteiger partial charge in [-0.05, 0) is 37.6 Å². The Morgan fingerprint density at radius 1 is 1.21 bits per heavy atom. The van der Waals surface area contributed by atoms with E-state index in [2.05, 4.69) is 21.8 Å². The zero-order chi connectivity index (χ0) is 13.7. The number of hydrogen-bond donors (Lipinski definition) is 1. The van der Waals surface area contributed by atoms with E-state index in [1.54, 1.807) is 19.3 Å². The number of hydrogen-bond acceptors (Lipinski definition) is 4. The molecule has 1 N–H and O–H groups in total. The standard InChI is InChI=1S/C15H19N3O/c1-3-18(11-14-6-4-5-9-16-14)15-8-7-13(10-17-15)12(2)19/h4-10,12,19H,3,11H2,1-2H3. The minimum atomic E-state index is -0.479. The van der Waals surface area contributed by atoms with Gasteiger partial charge in [0, 0.05) is 18.9 Å². The number of nitrogens with zero attached hydrogens (tertiary/aromatic N) is 3. The molecule has 0 radical (unpaired) electrons. The monoisotopic (exact) mass is 257 g/mol. The first kappa shape index (κ1) is 13.5. The summed E-state index contributed by atoms with van der Waals surface area (Å²) >= 11 is 0. The van der Waals surface area contributed by atoms with E-state index in [1.807, 2.05) is 30.3 Å². The van der Waals surface area contributed by atoms with E-state index in [0.29, 0.717) is 0 Å². The molecular formula is C15H19N3O. The topological polar surface area (TPSA) is 49.2 Å². The van der Waals surface area contributed by atoms with E-state index in [0.717, 1.165) is 30.2 Å². The van der Waals surface area contributed by atoms with Crippen LogP contribution in [0.5, 0.6) is 0 Å². The van der Waals surface area contributed by atoms with Crippen LogP contribution >= 0.6 is 0 Å². The summed E-state index contributed by atoms with van der Waals surface area (Å²) < 4.78 is 0. The second-order valence-electron chi connectivity index (χ2n) is 4.46. The van der Waals surface area contributed by atoms with Crippen molar-refractivity contribution in [2.24, 2.45) is 0 Å². The maximum absolute atomic E-state index is 9.48. The third-order valence-electron chi connectivity index (χ3n) is 3.04. The highest BCUT2D eigenvalue weighted by Crippen LogP contribution is 2.17. The van der Waals surface area contributed by atoms with Crippen molar-refractivity contribution in [3.05, 3.63) is 54.0 Å². The molecule has 0 fully saturated rings. The second kappa shape index (κ2) is 6.29. The Kier molecular flexibility index (Phi) is 4.47. The van der Waals surface area contributed by atoms with Crippen molar-refractivity contribution in [1.82, 2.24) is 9.97 Å². The summed E-state index contributed by atoms with van der Waals surface area (Å²) in [6.07, 6.45) is 3.04. The summed E-state index contributed by atoms with van der Waals surface area (Å²) in [6, 6.07) is 9.75. The van der Waals surface area contributed by atoms with Gasteiger partial charge in [0.25, 0.3) is 0 Å². The Labute approximate surface area is 113 Å². The van der Waals surface area contributed by atoms with Gasteiger partial charge < -0.3 is 10.0 Å². The molecule has 100 valence electrons. The number of anilines is 1. The molecule has 0 amide bonds. The van der Waals surface area contributed by atoms with Crippen LogP contribution in [0.4, 0.5) is 5.82 Å². The van der Waals surface area contributed by atoms with Gasteiger partial charge in [0.15, 0.2) is 0 Å². The number of pyridine rings is 2. The lowest BCUT2D eigenvalue weighted by Gasteiger charge is -2.21. The summed E-state index contributed by atoms with van der Waals surface area (Å²) in [5.41, 5.74) is 1.85. The Hall–Kier alpha value is -1.94. The van der Waals surface area contributed by atoms with Crippen LogP contribution in [-0.4, -0.2) is 21.6 Å². The van der Waals surface area contributed by atoms with Crippen LogP contribution < -0.4 is 4.90 Å². The van der Waals surface area contributed by atoms with Gasteiger partial charge >= 0.3 is 0 Å². The fourth-order valence-corrected chi connectivity index (χ4v) is 1.87. The fraction of sp³-hybridized carbons (Fsp3) is 0.333. The molecule has 2 aromatic rings. The molecule has 0 aliphatic carbocycles. The average Bonchev–Trinajstić information content (AvgIpc) is 2.46. The molecule has 4 heteroatoms. The minimum absolute atomic E-state index is 0.479. The summed E-state index contributed by atoms with van der Waals surface area (Å²) in [7, 11) is 0. The number of aliphatic hydroxyl groups is 1. The Morgan fingerprint density at radius 2 is 2.05 bits per heavy atom. The minimum Gasteiger partial charge on any atom is -0.389 e. The molecule has 2 rings (SSSR count). The van der Waals surface area contributed by atoms with Crippen LogP contribution in [0.3, 0.4) is 0 Å². The molecule has 0 aliphatic rings. The first-order valence-electron chi connectivity index (χ1n) is 6.49. The lowest BCUT2D eigenvalue weighted by Crippen LogP contribution is -2.23. The third kappa shape index (κ3) is 3.51. The van der Waals surface area contributed by atoms with Crippen molar-refractivity contribution in [2.45, 2.75) is 26.5 Å². The number of aromatic nitrogens is 2. The van der Waals surface area contributed by atoms with E-state index in [9.17, 15) is 5.11 Å². The molecule has 0 aromatic carbocycles. The Morgan fingerprint density at radius 3 is 2.58 bits per heavy atom. The van der Waals surface area contributed by atoms with Crippen LogP contribution in [0.25, 0.3) is 0 Å². The summed E-state index contributed by atoms with van der Waals surface area (Å²) in [5.74, 6) is 0.901. The van der Waals surface area contributed by atoms with E-state index < -0.39 is 6.10 Å². The van der Waals surface area contributed by atoms with Gasteiger partial charge in [-0.25, -0.2) is 4.98 Å². The van der Waals surface area contributed by atoms with Crippen molar-refractivity contribution < 1.29 is 5.11 Å². The van der Waals surface area contributed by atoms with Gasteiger partial charge in [-0.15, -0.1) is 0 Å². The fourth-order valence-electron chi connectivity index (χ4n) is 1.87. The molecular weight excluding hydrogens is 238 g/mol. The van der Waals surface area contributed by atoms with Gasteiger partial charge in [-0.2, -0.15) is 0 Å². The van der Waals surface area contributed by atoms with Gasteiger partial charge in [-0.1, -0.05) is 12.1 Å². The lowest BCUT2D eigenvalue weighted by atomic mass is 10.2. The predicted octanol–water partition coefficient (Wildman–Crippen LogP) is 2.56. The predicted molar refractivity (Wildman–Crippen MR) is 75.8 cm³/mol. The van der Waals surface area contributed by atoms with Gasteiger partial charge in [0.1, 0.15) is 5.82 Å². The zero-order valence-corrected chi connectivity index (χ0v) is 11.3. The normalized spacial score (nSPS) is 12.2. The van der Waals surface area contributed by atoms with E-state index >= 15 is 0 Å². The summed E-state index contributed by atoms with van der Waals surface area (Å²) in [5, 5.41) is 9.48. The first-order valence-corrected chi connectivity index (χ1v) is 6.49. The molecule has 19 heavy (non-hydrogen) atoms. The quantitative estimate of drug-likeness (QED) is 0.894. The summed E-state index contributed by atoms with van der Waals surface area (Å²) in [6.45, 7) is 5.42. The average molecular weight is 257 g/mol. The smallest absolute Gasteiger partial charge is 0.128 e. The number of rotatable bonds is 5. The van der Waals surface area contributed by atoms with Crippen molar-refractivity contribution in [2.75, 3.05) is 11.4 Å². The molecule has 0 bridgehead atoms. The molecule has 2 heterocycles. The van der Waals surface area contributed by atoms with Crippen molar-refractivity contribution in [3.63, 3.8) is 0 Å². The Bertz CT molecular complexity index is 497. The molecule has 0 saturated carbocycles. The van der Waals surface area contributed by atoms with E-state index in [1.165, 1.54) is 0 Å². The second-order valence-corrected chi connectivity index (χ2v) is 4.46. The zero-order valence-electron chi connectivity index (χ0n) is 11.3. The maximum Gasteiger partial charge on any atom is 0.128 e. The molecule has 2 aromatic heterocycles. The highest BCUT2D eigenvalue weighted by atomic mass is 16.3. The van der Waals surface area contributed by atoms with Gasteiger partial charge in [0.2, 0.25) is 0 Å². The SMILES string of the molecule is CCN(Cc1ccccn1)c1ccc(C(C)O)cn1. The van der Waals surface area contributed by atoms with Crippen molar-refractivity contribution in [3.8, 4) is 0 Å². The van der Waals surface area contributed by atoms with E-state index in [-0.39, 0.29) is 0 Å². The number of aliphatic hydroxyl groups excluding tert-OH is 1. The van der Waals surface area contributed by atoms with E-state index in [4.69, 9.17) is 0 Å². The largest absolute Gasteiger partial charge is 0.389 e. The third-order valence-corrected chi connectivity index (χ3v) is 3.04. The van der Waals surface area contributed by atoms with Crippen LogP contribution in [-0.2, 0) is 6.54 Å². The molecule has 0 spiro atoms. The lowest BCUT2D eigenvalue weighted by molar-refractivity contribution is 0.199. The van der Waals surface area contributed by atoms with Crippen LogP contribution in [0, 0.1) is 0 Å². The highest BCUT2D eigenvalue weighted by molar-refractivity contribution is 5.40. The van der Waals surface area contributed by atoms with Crippen molar-refractivity contribution in [1.29, 1.82) is 0 Å². The molecule has 1 atom stereocenters. The molecule has 4 nitrogen and oxygen atoms in total. The summed E-state index contributed by atoms with van der Waals surface area (Å²) in [4.78, 5) is 10.9. The molecule has 0 saturated heterocycles. The van der Waals surface area contributed by atoms with Crippen molar-refractivity contribution >= 4 is 5.82 Å². The van der Waals surface area contributed by atoms with Crippen LogP contribution in [0.2, 0.25) is 0 Å². The Balaban J connectivity index is 2.13. The molecule has 0 aliphatic heterocycles. The first-order chi connectivity index (χ1) is 9.20. The van der Waals surface area contributed by atoms with Gasteiger partial charge in [0.05, 0.1) is 18.3 Å². The maximum atomic E-state index is 9.48. The van der Waals surface area contributed by atoms with Crippen LogP contribution in [0.15, 0.2) is 42.7 Å². The van der Waals surface area contributed by atoms with Crippen LogP contribution in [0.1, 0.15) is 31.2 Å².